The van der Waals surface area contributed by atoms with Crippen molar-refractivity contribution in [3.05, 3.63) is 65.5 Å². The Kier molecular flexibility index (Phi) is 5.85. The van der Waals surface area contributed by atoms with E-state index in [-0.39, 0.29) is 11.6 Å². The van der Waals surface area contributed by atoms with Crippen LogP contribution in [0.4, 0.5) is 4.39 Å². The molecule has 0 aromatic heterocycles. The Morgan fingerprint density at radius 2 is 1.77 bits per heavy atom. The van der Waals surface area contributed by atoms with E-state index in [9.17, 15) is 19.4 Å². The summed E-state index contributed by atoms with van der Waals surface area (Å²) in [5.74, 6) is -0.996. The fraction of sp³-hybridized carbons (Fsp3) is 0.350. The van der Waals surface area contributed by atoms with Gasteiger partial charge in [-0.25, -0.2) is 4.39 Å². The van der Waals surface area contributed by atoms with Crippen LogP contribution in [0.5, 0.6) is 5.75 Å². The lowest BCUT2D eigenvalue weighted by Crippen LogP contribution is -2.37. The normalized spacial score (nSPS) is 17.6. The standard InChI is InChI=1S/C20H23FN2O3/c21-18-5-2-1-4-16(18)14-22-10-3-11-23(13-12-22)19(20(25)26)15-6-8-17(24)9-7-15/h1-2,4-9,19,24H,3,10-14H2,(H,25,26)/t19-/m1/s1. The van der Waals surface area contributed by atoms with Gasteiger partial charge < -0.3 is 10.2 Å². The van der Waals surface area contributed by atoms with Gasteiger partial charge in [0.05, 0.1) is 0 Å². The SMILES string of the molecule is O=C(O)[C@@H](c1ccc(O)cc1)N1CCCN(Cc2ccccc2F)CC1. The van der Waals surface area contributed by atoms with Crippen molar-refractivity contribution in [2.24, 2.45) is 0 Å². The monoisotopic (exact) mass is 358 g/mol. The average molecular weight is 358 g/mol. The molecule has 1 atom stereocenters. The fourth-order valence-corrected chi connectivity index (χ4v) is 3.44. The zero-order valence-electron chi connectivity index (χ0n) is 14.5. The molecule has 0 saturated carbocycles. The largest absolute Gasteiger partial charge is 0.508 e. The van der Waals surface area contributed by atoms with Crippen molar-refractivity contribution in [1.82, 2.24) is 9.80 Å². The van der Waals surface area contributed by atoms with Crippen LogP contribution in [-0.4, -0.2) is 52.2 Å². The van der Waals surface area contributed by atoms with Crippen LogP contribution in [0.2, 0.25) is 0 Å². The number of benzene rings is 2. The van der Waals surface area contributed by atoms with Crippen LogP contribution in [-0.2, 0) is 11.3 Å². The molecule has 0 spiro atoms. The Bertz CT molecular complexity index is 751. The lowest BCUT2D eigenvalue weighted by Gasteiger charge is -2.28. The molecule has 0 aliphatic carbocycles. The van der Waals surface area contributed by atoms with Gasteiger partial charge in [0, 0.05) is 31.7 Å². The predicted molar refractivity (Wildman–Crippen MR) is 96.4 cm³/mol. The third kappa shape index (κ3) is 4.39. The number of carboxylic acid groups (broad SMARTS) is 1. The zero-order chi connectivity index (χ0) is 18.5. The number of aliphatic carboxylic acids is 1. The summed E-state index contributed by atoms with van der Waals surface area (Å²) in [6, 6.07) is 12.3. The smallest absolute Gasteiger partial charge is 0.325 e. The Morgan fingerprint density at radius 3 is 2.46 bits per heavy atom. The summed E-state index contributed by atoms with van der Waals surface area (Å²) in [5, 5.41) is 19.1. The summed E-state index contributed by atoms with van der Waals surface area (Å²) in [6.45, 7) is 3.25. The number of carboxylic acids is 1. The van der Waals surface area contributed by atoms with Gasteiger partial charge in [0.25, 0.3) is 0 Å². The molecular weight excluding hydrogens is 335 g/mol. The number of hydrogen-bond donors (Lipinski definition) is 2. The molecule has 5 nitrogen and oxygen atoms in total. The molecule has 2 aromatic carbocycles. The van der Waals surface area contributed by atoms with E-state index in [1.165, 1.54) is 18.2 Å². The predicted octanol–water partition coefficient (Wildman–Crippen LogP) is 2.86. The van der Waals surface area contributed by atoms with E-state index in [1.807, 2.05) is 11.0 Å². The Labute approximate surface area is 152 Å². The molecule has 1 aliphatic rings. The second-order valence-electron chi connectivity index (χ2n) is 6.59. The van der Waals surface area contributed by atoms with Crippen molar-refractivity contribution in [1.29, 1.82) is 0 Å². The van der Waals surface area contributed by atoms with Gasteiger partial charge in [-0.1, -0.05) is 30.3 Å². The molecule has 0 amide bonds. The summed E-state index contributed by atoms with van der Waals surface area (Å²) in [4.78, 5) is 15.9. The maximum Gasteiger partial charge on any atom is 0.325 e. The molecule has 1 saturated heterocycles. The number of aromatic hydroxyl groups is 1. The van der Waals surface area contributed by atoms with Crippen LogP contribution < -0.4 is 0 Å². The van der Waals surface area contributed by atoms with Crippen LogP contribution in [0.1, 0.15) is 23.6 Å². The molecule has 1 aliphatic heterocycles. The summed E-state index contributed by atoms with van der Waals surface area (Å²) in [7, 11) is 0. The lowest BCUT2D eigenvalue weighted by molar-refractivity contribution is -0.143. The summed E-state index contributed by atoms with van der Waals surface area (Å²) in [5.41, 5.74) is 1.31. The first-order chi connectivity index (χ1) is 12.5. The van der Waals surface area contributed by atoms with E-state index < -0.39 is 12.0 Å². The summed E-state index contributed by atoms with van der Waals surface area (Å²) >= 11 is 0. The van der Waals surface area contributed by atoms with Gasteiger partial charge in [0.15, 0.2) is 0 Å². The maximum atomic E-state index is 13.9. The highest BCUT2D eigenvalue weighted by Crippen LogP contribution is 2.25. The molecule has 2 aromatic rings. The molecule has 26 heavy (non-hydrogen) atoms. The van der Waals surface area contributed by atoms with Crippen LogP contribution in [0.15, 0.2) is 48.5 Å². The third-order valence-electron chi connectivity index (χ3n) is 4.78. The van der Waals surface area contributed by atoms with Crippen molar-refractivity contribution < 1.29 is 19.4 Å². The number of halogens is 1. The fourth-order valence-electron chi connectivity index (χ4n) is 3.44. The summed E-state index contributed by atoms with van der Waals surface area (Å²) < 4.78 is 13.9. The van der Waals surface area contributed by atoms with Gasteiger partial charge in [-0.05, 0) is 36.7 Å². The van der Waals surface area contributed by atoms with Crippen LogP contribution >= 0.6 is 0 Å². The van der Waals surface area contributed by atoms with Crippen LogP contribution in [0.3, 0.4) is 0 Å². The number of phenolic OH excluding ortho intramolecular Hbond substituents is 1. The minimum absolute atomic E-state index is 0.116. The van der Waals surface area contributed by atoms with Crippen LogP contribution in [0.25, 0.3) is 0 Å². The molecule has 0 radical (unpaired) electrons. The molecular formula is C20H23FN2O3. The average Bonchev–Trinajstić information content (AvgIpc) is 2.84. The maximum absolute atomic E-state index is 13.9. The van der Waals surface area contributed by atoms with Crippen molar-refractivity contribution in [3.63, 3.8) is 0 Å². The molecule has 6 heteroatoms. The first kappa shape index (κ1) is 18.4. The van der Waals surface area contributed by atoms with E-state index in [0.29, 0.717) is 37.3 Å². The van der Waals surface area contributed by atoms with Crippen molar-refractivity contribution in [3.8, 4) is 5.75 Å². The number of hydrogen-bond acceptors (Lipinski definition) is 4. The summed E-state index contributed by atoms with van der Waals surface area (Å²) in [6.07, 6.45) is 0.816. The van der Waals surface area contributed by atoms with Gasteiger partial charge in [-0.15, -0.1) is 0 Å². The number of nitrogens with zero attached hydrogens (tertiary/aromatic N) is 2. The van der Waals surface area contributed by atoms with E-state index in [1.54, 1.807) is 24.3 Å². The Balaban J connectivity index is 1.69. The minimum Gasteiger partial charge on any atom is -0.508 e. The zero-order valence-corrected chi connectivity index (χ0v) is 14.5. The second-order valence-corrected chi connectivity index (χ2v) is 6.59. The first-order valence-electron chi connectivity index (χ1n) is 8.76. The number of rotatable bonds is 5. The molecule has 1 fully saturated rings. The first-order valence-corrected chi connectivity index (χ1v) is 8.76. The number of carbonyl (C=O) groups is 1. The van der Waals surface area contributed by atoms with Crippen molar-refractivity contribution in [2.75, 3.05) is 26.2 Å². The van der Waals surface area contributed by atoms with E-state index in [4.69, 9.17) is 0 Å². The highest BCUT2D eigenvalue weighted by atomic mass is 19.1. The van der Waals surface area contributed by atoms with E-state index in [2.05, 4.69) is 4.90 Å². The highest BCUT2D eigenvalue weighted by molar-refractivity contribution is 5.75. The minimum atomic E-state index is -0.904. The van der Waals surface area contributed by atoms with Crippen molar-refractivity contribution >= 4 is 5.97 Å². The van der Waals surface area contributed by atoms with Crippen molar-refractivity contribution in [2.45, 2.75) is 19.0 Å². The van der Waals surface area contributed by atoms with Gasteiger partial charge in [0.2, 0.25) is 0 Å². The van der Waals surface area contributed by atoms with E-state index in [0.717, 1.165) is 13.0 Å². The second kappa shape index (κ2) is 8.29. The molecule has 3 rings (SSSR count). The van der Waals surface area contributed by atoms with Gasteiger partial charge >= 0.3 is 5.97 Å². The number of phenols is 1. The lowest BCUT2D eigenvalue weighted by atomic mass is 10.0. The van der Waals surface area contributed by atoms with Gasteiger partial charge in [0.1, 0.15) is 17.6 Å². The third-order valence-corrected chi connectivity index (χ3v) is 4.78. The topological polar surface area (TPSA) is 64.0 Å². The van der Waals surface area contributed by atoms with E-state index >= 15 is 0 Å². The Hall–Kier alpha value is -2.44. The Morgan fingerprint density at radius 1 is 1.04 bits per heavy atom. The quantitative estimate of drug-likeness (QED) is 0.861. The highest BCUT2D eigenvalue weighted by Gasteiger charge is 2.29. The van der Waals surface area contributed by atoms with Gasteiger partial charge in [-0.2, -0.15) is 0 Å². The molecule has 0 unspecified atom stereocenters. The molecule has 2 N–H and O–H groups in total. The van der Waals surface area contributed by atoms with Crippen LogP contribution in [0, 0.1) is 5.82 Å². The molecule has 0 bridgehead atoms. The van der Waals surface area contributed by atoms with Gasteiger partial charge in [-0.3, -0.25) is 14.6 Å². The molecule has 1 heterocycles. The molecule has 138 valence electrons.